The van der Waals surface area contributed by atoms with Crippen molar-refractivity contribution in [2.24, 2.45) is 0 Å². The Balaban J connectivity index is 1.96. The van der Waals surface area contributed by atoms with Crippen molar-refractivity contribution in [2.75, 3.05) is 0 Å². The standard InChI is InChI=1S/C18H19N3O2/c1-13-7-6-10-17(14(13)2)21-18(16(11-22)19-20-21)12-23-15-8-4-3-5-9-15/h3-10,22H,11-12H2,1-2H3. The van der Waals surface area contributed by atoms with Gasteiger partial charge < -0.3 is 9.84 Å². The van der Waals surface area contributed by atoms with Gasteiger partial charge in [0.1, 0.15) is 23.7 Å². The summed E-state index contributed by atoms with van der Waals surface area (Å²) in [7, 11) is 0. The van der Waals surface area contributed by atoms with Gasteiger partial charge in [0.05, 0.1) is 12.3 Å². The first kappa shape index (κ1) is 15.2. The summed E-state index contributed by atoms with van der Waals surface area (Å²) >= 11 is 0. The number of aryl methyl sites for hydroxylation is 1. The van der Waals surface area contributed by atoms with Crippen molar-refractivity contribution in [3.05, 3.63) is 71.0 Å². The predicted molar refractivity (Wildman–Crippen MR) is 87.5 cm³/mol. The highest BCUT2D eigenvalue weighted by molar-refractivity contribution is 5.45. The van der Waals surface area contributed by atoms with E-state index < -0.39 is 0 Å². The first-order chi connectivity index (χ1) is 11.2. The largest absolute Gasteiger partial charge is 0.487 e. The molecule has 0 atom stereocenters. The number of rotatable bonds is 5. The van der Waals surface area contributed by atoms with Gasteiger partial charge in [-0.05, 0) is 43.2 Å². The third-order valence-corrected chi connectivity index (χ3v) is 3.92. The zero-order chi connectivity index (χ0) is 16.2. The molecule has 0 amide bonds. The fourth-order valence-corrected chi connectivity index (χ4v) is 2.43. The second-order valence-corrected chi connectivity index (χ2v) is 5.37. The lowest BCUT2D eigenvalue weighted by molar-refractivity contribution is 0.263. The molecule has 3 aromatic rings. The van der Waals surface area contributed by atoms with Gasteiger partial charge in [-0.15, -0.1) is 5.10 Å². The Bertz CT molecular complexity index is 797. The Labute approximate surface area is 135 Å². The maximum absolute atomic E-state index is 9.53. The van der Waals surface area contributed by atoms with E-state index in [0.717, 1.165) is 22.7 Å². The van der Waals surface area contributed by atoms with Crippen LogP contribution in [0.25, 0.3) is 5.69 Å². The molecule has 0 fully saturated rings. The fourth-order valence-electron chi connectivity index (χ4n) is 2.43. The van der Waals surface area contributed by atoms with Crippen molar-refractivity contribution in [3.8, 4) is 11.4 Å². The van der Waals surface area contributed by atoms with Gasteiger partial charge in [-0.3, -0.25) is 0 Å². The molecule has 1 heterocycles. The van der Waals surface area contributed by atoms with Crippen LogP contribution in [-0.2, 0) is 13.2 Å². The van der Waals surface area contributed by atoms with Crippen LogP contribution in [-0.4, -0.2) is 20.1 Å². The van der Waals surface area contributed by atoms with E-state index in [2.05, 4.69) is 23.3 Å². The summed E-state index contributed by atoms with van der Waals surface area (Å²) in [5, 5.41) is 17.8. The molecule has 0 aliphatic carbocycles. The Morgan fingerprint density at radius 2 is 1.83 bits per heavy atom. The van der Waals surface area contributed by atoms with Gasteiger partial charge in [0, 0.05) is 0 Å². The quantitative estimate of drug-likeness (QED) is 0.787. The van der Waals surface area contributed by atoms with Crippen molar-refractivity contribution >= 4 is 0 Å². The second-order valence-electron chi connectivity index (χ2n) is 5.37. The molecule has 5 nitrogen and oxygen atoms in total. The summed E-state index contributed by atoms with van der Waals surface area (Å²) < 4.78 is 7.56. The van der Waals surface area contributed by atoms with Crippen LogP contribution in [0.2, 0.25) is 0 Å². The molecular formula is C18H19N3O2. The van der Waals surface area contributed by atoms with Crippen molar-refractivity contribution < 1.29 is 9.84 Å². The molecule has 1 N–H and O–H groups in total. The third-order valence-electron chi connectivity index (χ3n) is 3.92. The molecule has 23 heavy (non-hydrogen) atoms. The number of benzene rings is 2. The molecule has 0 aliphatic rings. The second kappa shape index (κ2) is 6.62. The number of ether oxygens (including phenoxy) is 1. The predicted octanol–water partition coefficient (Wildman–Crippen LogP) is 2.96. The Kier molecular flexibility index (Phi) is 4.39. The summed E-state index contributed by atoms with van der Waals surface area (Å²) in [5.41, 5.74) is 4.54. The Hall–Kier alpha value is -2.66. The molecule has 0 saturated heterocycles. The molecule has 3 rings (SSSR count). The third kappa shape index (κ3) is 3.10. The van der Waals surface area contributed by atoms with E-state index in [1.807, 2.05) is 49.4 Å². The van der Waals surface area contributed by atoms with Crippen LogP contribution < -0.4 is 4.74 Å². The first-order valence-corrected chi connectivity index (χ1v) is 7.49. The topological polar surface area (TPSA) is 60.2 Å². The lowest BCUT2D eigenvalue weighted by Gasteiger charge is -2.12. The number of hydrogen-bond donors (Lipinski definition) is 1. The van der Waals surface area contributed by atoms with Crippen molar-refractivity contribution in [1.82, 2.24) is 15.0 Å². The van der Waals surface area contributed by atoms with Gasteiger partial charge in [-0.25, -0.2) is 4.68 Å². The summed E-state index contributed by atoms with van der Waals surface area (Å²) in [4.78, 5) is 0. The van der Waals surface area contributed by atoms with E-state index in [0.29, 0.717) is 12.3 Å². The van der Waals surface area contributed by atoms with Crippen molar-refractivity contribution in [2.45, 2.75) is 27.1 Å². The molecule has 0 unspecified atom stereocenters. The Morgan fingerprint density at radius 3 is 2.57 bits per heavy atom. The van der Waals surface area contributed by atoms with E-state index >= 15 is 0 Å². The average Bonchev–Trinajstić information content (AvgIpc) is 2.99. The number of aliphatic hydroxyl groups is 1. The molecular weight excluding hydrogens is 290 g/mol. The summed E-state index contributed by atoms with van der Waals surface area (Å²) in [6, 6.07) is 15.6. The van der Waals surface area contributed by atoms with Gasteiger partial charge in [0.2, 0.25) is 0 Å². The number of nitrogens with zero attached hydrogens (tertiary/aromatic N) is 3. The molecule has 118 valence electrons. The molecule has 1 aromatic heterocycles. The summed E-state index contributed by atoms with van der Waals surface area (Å²) in [5.74, 6) is 0.769. The molecule has 2 aromatic carbocycles. The highest BCUT2D eigenvalue weighted by Gasteiger charge is 2.16. The molecule has 0 aliphatic heterocycles. The maximum atomic E-state index is 9.53. The molecule has 0 saturated carbocycles. The van der Waals surface area contributed by atoms with Crippen LogP contribution in [0, 0.1) is 13.8 Å². The lowest BCUT2D eigenvalue weighted by atomic mass is 10.1. The van der Waals surface area contributed by atoms with E-state index in [1.54, 1.807) is 4.68 Å². The minimum absolute atomic E-state index is 0.168. The smallest absolute Gasteiger partial charge is 0.132 e. The van der Waals surface area contributed by atoms with Crippen LogP contribution in [0.3, 0.4) is 0 Å². The lowest BCUT2D eigenvalue weighted by Crippen LogP contribution is -2.09. The minimum Gasteiger partial charge on any atom is -0.487 e. The van der Waals surface area contributed by atoms with Gasteiger partial charge in [0.15, 0.2) is 0 Å². The zero-order valence-electron chi connectivity index (χ0n) is 13.2. The highest BCUT2D eigenvalue weighted by atomic mass is 16.5. The van der Waals surface area contributed by atoms with Crippen LogP contribution in [0.4, 0.5) is 0 Å². The van der Waals surface area contributed by atoms with E-state index in [4.69, 9.17) is 4.74 Å². The number of aromatic nitrogens is 3. The normalized spacial score (nSPS) is 10.7. The SMILES string of the molecule is Cc1cccc(-n2nnc(CO)c2COc2ccccc2)c1C. The van der Waals surface area contributed by atoms with Crippen LogP contribution in [0.5, 0.6) is 5.75 Å². The number of para-hydroxylation sites is 1. The molecule has 5 heteroatoms. The average molecular weight is 309 g/mol. The minimum atomic E-state index is -0.168. The van der Waals surface area contributed by atoms with E-state index in [-0.39, 0.29) is 6.61 Å². The van der Waals surface area contributed by atoms with Gasteiger partial charge in [-0.2, -0.15) is 0 Å². The van der Waals surface area contributed by atoms with Crippen LogP contribution in [0.1, 0.15) is 22.5 Å². The number of hydrogen-bond acceptors (Lipinski definition) is 4. The monoisotopic (exact) mass is 309 g/mol. The fraction of sp³-hybridized carbons (Fsp3) is 0.222. The summed E-state index contributed by atoms with van der Waals surface area (Å²) in [6.45, 7) is 4.23. The molecule has 0 radical (unpaired) electrons. The van der Waals surface area contributed by atoms with Crippen LogP contribution in [0.15, 0.2) is 48.5 Å². The van der Waals surface area contributed by atoms with E-state index in [9.17, 15) is 5.11 Å². The maximum Gasteiger partial charge on any atom is 0.132 e. The van der Waals surface area contributed by atoms with Crippen LogP contribution >= 0.6 is 0 Å². The molecule has 0 spiro atoms. The molecule has 0 bridgehead atoms. The first-order valence-electron chi connectivity index (χ1n) is 7.49. The summed E-state index contributed by atoms with van der Waals surface area (Å²) in [6.07, 6.45) is 0. The van der Waals surface area contributed by atoms with Gasteiger partial charge in [-0.1, -0.05) is 35.5 Å². The van der Waals surface area contributed by atoms with Crippen molar-refractivity contribution in [3.63, 3.8) is 0 Å². The van der Waals surface area contributed by atoms with Gasteiger partial charge >= 0.3 is 0 Å². The Morgan fingerprint density at radius 1 is 1.04 bits per heavy atom. The van der Waals surface area contributed by atoms with Gasteiger partial charge in [0.25, 0.3) is 0 Å². The zero-order valence-corrected chi connectivity index (χ0v) is 13.2. The van der Waals surface area contributed by atoms with Crippen molar-refractivity contribution in [1.29, 1.82) is 0 Å². The van der Waals surface area contributed by atoms with E-state index in [1.165, 1.54) is 5.56 Å². The number of aliphatic hydroxyl groups excluding tert-OH is 1. The highest BCUT2D eigenvalue weighted by Crippen LogP contribution is 2.21.